The number of carboxylic acids is 1. The number of likely N-dealkylation sites (N-methyl/N-ethyl adjacent to an activating group) is 1. The molecule has 0 aliphatic heterocycles. The molecule has 0 aliphatic carbocycles. The molecule has 0 saturated heterocycles. The molecule has 0 fully saturated rings. The molecular formula is C12H13ClN2O5. The van der Waals surface area contributed by atoms with Crippen LogP contribution in [-0.4, -0.2) is 39.4 Å². The third-order valence-corrected chi connectivity index (χ3v) is 3.29. The summed E-state index contributed by atoms with van der Waals surface area (Å²) in [6.45, 7) is 2.65. The lowest BCUT2D eigenvalue weighted by atomic mass is 10.0. The Kier molecular flexibility index (Phi) is 4.34. The molecule has 0 spiro atoms. The largest absolute Gasteiger partial charge is 0.480 e. The van der Waals surface area contributed by atoms with Gasteiger partial charge in [-0.3, -0.25) is 14.9 Å². The van der Waals surface area contributed by atoms with Gasteiger partial charge in [0.25, 0.3) is 11.6 Å². The topological polar surface area (TPSA) is 101 Å². The monoisotopic (exact) mass is 300 g/mol. The summed E-state index contributed by atoms with van der Waals surface area (Å²) in [6, 6.07) is 3.55. The molecular weight excluding hydrogens is 288 g/mol. The molecule has 108 valence electrons. The number of hydrogen-bond donors (Lipinski definition) is 1. The van der Waals surface area contributed by atoms with E-state index in [9.17, 15) is 19.7 Å². The van der Waals surface area contributed by atoms with E-state index in [1.807, 2.05) is 0 Å². The molecule has 1 N–H and O–H groups in total. The molecule has 1 aromatic carbocycles. The average Bonchev–Trinajstić information content (AvgIpc) is 2.36. The summed E-state index contributed by atoms with van der Waals surface area (Å²) in [5, 5.41) is 20.2. The molecule has 0 aliphatic rings. The Morgan fingerprint density at radius 2 is 1.95 bits per heavy atom. The molecule has 0 saturated carbocycles. The summed E-state index contributed by atoms with van der Waals surface area (Å²) in [5.74, 6) is -2.01. The second-order valence-corrected chi connectivity index (χ2v) is 5.08. The third kappa shape index (κ3) is 2.88. The van der Waals surface area contributed by atoms with E-state index in [-0.39, 0.29) is 10.6 Å². The predicted octanol–water partition coefficient (Wildman–Crippen LogP) is 2.18. The highest BCUT2D eigenvalue weighted by atomic mass is 35.5. The van der Waals surface area contributed by atoms with Gasteiger partial charge in [0.2, 0.25) is 0 Å². The fourth-order valence-corrected chi connectivity index (χ4v) is 1.59. The maximum atomic E-state index is 12.3. The molecule has 8 heteroatoms. The molecule has 20 heavy (non-hydrogen) atoms. The number of halogens is 1. The van der Waals surface area contributed by atoms with Crippen molar-refractivity contribution in [3.8, 4) is 0 Å². The Morgan fingerprint density at radius 1 is 1.40 bits per heavy atom. The molecule has 0 aromatic heterocycles. The number of nitro benzene ring substituents is 1. The number of nitro groups is 1. The molecule has 0 radical (unpaired) electrons. The minimum absolute atomic E-state index is 0.153. The Balaban J connectivity index is 3.31. The van der Waals surface area contributed by atoms with E-state index in [1.165, 1.54) is 27.0 Å². The van der Waals surface area contributed by atoms with Gasteiger partial charge < -0.3 is 10.0 Å². The average molecular weight is 301 g/mol. The van der Waals surface area contributed by atoms with Crippen LogP contribution in [-0.2, 0) is 4.79 Å². The second-order valence-electron chi connectivity index (χ2n) is 4.65. The Morgan fingerprint density at radius 3 is 2.40 bits per heavy atom. The summed E-state index contributed by atoms with van der Waals surface area (Å²) in [6.07, 6.45) is 0. The number of amides is 1. The molecule has 0 bridgehead atoms. The quantitative estimate of drug-likeness (QED) is 0.678. The summed E-state index contributed by atoms with van der Waals surface area (Å²) in [7, 11) is 1.26. The van der Waals surface area contributed by atoms with Crippen LogP contribution in [0.5, 0.6) is 0 Å². The standard InChI is InChI=1S/C12H13ClN2O5/c1-12(2,11(17)18)14(3)10(16)8-6-7(13)4-5-9(8)15(19)20/h4-6H,1-3H3,(H,17,18). The zero-order chi connectivity index (χ0) is 15.7. The van der Waals surface area contributed by atoms with E-state index >= 15 is 0 Å². The Hall–Kier alpha value is -2.15. The van der Waals surface area contributed by atoms with Gasteiger partial charge in [0.1, 0.15) is 11.1 Å². The van der Waals surface area contributed by atoms with Gasteiger partial charge >= 0.3 is 5.97 Å². The molecule has 1 aromatic rings. The fourth-order valence-electron chi connectivity index (χ4n) is 1.42. The summed E-state index contributed by atoms with van der Waals surface area (Å²) >= 11 is 5.74. The maximum absolute atomic E-state index is 12.3. The van der Waals surface area contributed by atoms with Gasteiger partial charge in [-0.15, -0.1) is 0 Å². The minimum atomic E-state index is -1.51. The first-order valence-electron chi connectivity index (χ1n) is 5.54. The van der Waals surface area contributed by atoms with Crippen molar-refractivity contribution in [1.82, 2.24) is 4.90 Å². The van der Waals surface area contributed by atoms with Crippen LogP contribution >= 0.6 is 11.6 Å². The van der Waals surface area contributed by atoms with Gasteiger partial charge in [0.15, 0.2) is 0 Å². The normalized spacial score (nSPS) is 11.0. The minimum Gasteiger partial charge on any atom is -0.480 e. The summed E-state index contributed by atoms with van der Waals surface area (Å²) < 4.78 is 0. The number of carbonyl (C=O) groups excluding carboxylic acids is 1. The first kappa shape index (κ1) is 15.9. The van der Waals surface area contributed by atoms with Crippen molar-refractivity contribution in [1.29, 1.82) is 0 Å². The highest BCUT2D eigenvalue weighted by molar-refractivity contribution is 6.31. The first-order chi connectivity index (χ1) is 9.09. The lowest BCUT2D eigenvalue weighted by Crippen LogP contribution is -2.50. The van der Waals surface area contributed by atoms with E-state index in [0.29, 0.717) is 0 Å². The number of rotatable bonds is 4. The van der Waals surface area contributed by atoms with Crippen LogP contribution in [0.3, 0.4) is 0 Å². The van der Waals surface area contributed by atoms with Gasteiger partial charge in [0, 0.05) is 18.1 Å². The van der Waals surface area contributed by atoms with Gasteiger partial charge in [0.05, 0.1) is 4.92 Å². The van der Waals surface area contributed by atoms with E-state index in [4.69, 9.17) is 16.7 Å². The fraction of sp³-hybridized carbons (Fsp3) is 0.333. The third-order valence-electron chi connectivity index (χ3n) is 3.05. The van der Waals surface area contributed by atoms with Crippen LogP contribution in [0.4, 0.5) is 5.69 Å². The Labute approximate surface area is 119 Å². The maximum Gasteiger partial charge on any atom is 0.329 e. The molecule has 1 amide bonds. The van der Waals surface area contributed by atoms with Crippen LogP contribution in [0, 0.1) is 10.1 Å². The highest BCUT2D eigenvalue weighted by Gasteiger charge is 2.37. The SMILES string of the molecule is CN(C(=O)c1cc(Cl)ccc1[N+](=O)[O-])C(C)(C)C(=O)O. The Bertz CT molecular complexity index is 585. The number of carboxylic acid groups (broad SMARTS) is 1. The van der Waals surface area contributed by atoms with Crippen molar-refractivity contribution in [3.63, 3.8) is 0 Å². The van der Waals surface area contributed by atoms with Gasteiger partial charge in [-0.2, -0.15) is 0 Å². The number of nitrogens with zero attached hydrogens (tertiary/aromatic N) is 2. The van der Waals surface area contributed by atoms with Crippen LogP contribution in [0.2, 0.25) is 5.02 Å². The van der Waals surface area contributed by atoms with E-state index in [2.05, 4.69) is 0 Å². The van der Waals surface area contributed by atoms with Gasteiger partial charge in [-0.1, -0.05) is 11.6 Å². The zero-order valence-corrected chi connectivity index (χ0v) is 11.8. The predicted molar refractivity (Wildman–Crippen MR) is 71.9 cm³/mol. The summed E-state index contributed by atoms with van der Waals surface area (Å²) in [4.78, 5) is 34.5. The van der Waals surface area contributed by atoms with Crippen molar-refractivity contribution >= 4 is 29.2 Å². The van der Waals surface area contributed by atoms with Gasteiger partial charge in [-0.05, 0) is 26.0 Å². The van der Waals surface area contributed by atoms with Crippen LogP contribution < -0.4 is 0 Å². The van der Waals surface area contributed by atoms with Crippen LogP contribution in [0.25, 0.3) is 0 Å². The van der Waals surface area contributed by atoms with E-state index in [0.717, 1.165) is 17.0 Å². The lowest BCUT2D eigenvalue weighted by molar-refractivity contribution is -0.385. The zero-order valence-electron chi connectivity index (χ0n) is 11.1. The molecule has 1 rings (SSSR count). The van der Waals surface area contributed by atoms with Crippen molar-refractivity contribution in [3.05, 3.63) is 38.9 Å². The van der Waals surface area contributed by atoms with E-state index in [1.54, 1.807) is 0 Å². The van der Waals surface area contributed by atoms with Crippen molar-refractivity contribution in [2.75, 3.05) is 7.05 Å². The van der Waals surface area contributed by atoms with Crippen LogP contribution in [0.15, 0.2) is 18.2 Å². The molecule has 0 unspecified atom stereocenters. The number of aliphatic carboxylic acids is 1. The van der Waals surface area contributed by atoms with Crippen molar-refractivity contribution in [2.45, 2.75) is 19.4 Å². The van der Waals surface area contributed by atoms with Crippen LogP contribution in [0.1, 0.15) is 24.2 Å². The molecule has 7 nitrogen and oxygen atoms in total. The highest BCUT2D eigenvalue weighted by Crippen LogP contribution is 2.26. The molecule has 0 atom stereocenters. The van der Waals surface area contributed by atoms with Crippen molar-refractivity contribution in [2.24, 2.45) is 0 Å². The second kappa shape index (κ2) is 5.46. The number of carbonyl (C=O) groups is 2. The van der Waals surface area contributed by atoms with Crippen molar-refractivity contribution < 1.29 is 19.6 Å². The van der Waals surface area contributed by atoms with Gasteiger partial charge in [-0.25, -0.2) is 4.79 Å². The summed E-state index contributed by atoms with van der Waals surface area (Å²) in [5.41, 5.74) is -2.18. The smallest absolute Gasteiger partial charge is 0.329 e. The number of benzene rings is 1. The molecule has 0 heterocycles. The van der Waals surface area contributed by atoms with E-state index < -0.39 is 28.0 Å². The first-order valence-corrected chi connectivity index (χ1v) is 5.92. The lowest BCUT2D eigenvalue weighted by Gasteiger charge is -2.31. The number of hydrogen-bond acceptors (Lipinski definition) is 4.